The molecule has 1 aromatic carbocycles. The van der Waals surface area contributed by atoms with Gasteiger partial charge in [-0.2, -0.15) is 0 Å². The van der Waals surface area contributed by atoms with Crippen LogP contribution in [0.1, 0.15) is 0 Å². The number of aromatic nitrogens is 1. The maximum Gasteiger partial charge on any atom is 0.158 e. The second-order valence-corrected chi connectivity index (χ2v) is 4.17. The van der Waals surface area contributed by atoms with Crippen LogP contribution in [0.3, 0.4) is 0 Å². The van der Waals surface area contributed by atoms with Gasteiger partial charge in [-0.05, 0) is 24.3 Å². The molecule has 82 valence electrons. The van der Waals surface area contributed by atoms with Gasteiger partial charge in [-0.1, -0.05) is 11.8 Å². The van der Waals surface area contributed by atoms with Gasteiger partial charge in [0.2, 0.25) is 0 Å². The lowest BCUT2D eigenvalue weighted by Crippen LogP contribution is -1.89. The van der Waals surface area contributed by atoms with E-state index in [1.54, 1.807) is 24.3 Å². The van der Waals surface area contributed by atoms with Gasteiger partial charge in [0.25, 0.3) is 0 Å². The summed E-state index contributed by atoms with van der Waals surface area (Å²) in [6.45, 7) is 0. The summed E-state index contributed by atoms with van der Waals surface area (Å²) >= 11 is 1.12. The summed E-state index contributed by atoms with van der Waals surface area (Å²) in [5.74, 6) is -1.35. The van der Waals surface area contributed by atoms with Gasteiger partial charge in [0.05, 0.1) is 6.20 Å². The number of benzene rings is 1. The summed E-state index contributed by atoms with van der Waals surface area (Å²) < 4.78 is 25.9. The maximum absolute atomic E-state index is 13.3. The van der Waals surface area contributed by atoms with Crippen LogP contribution in [0.5, 0.6) is 0 Å². The SMILES string of the molecule is Nc1ccc(Sc2ncc(F)cc2F)cc1. The molecule has 2 nitrogen and oxygen atoms in total. The summed E-state index contributed by atoms with van der Waals surface area (Å²) in [7, 11) is 0. The van der Waals surface area contributed by atoms with Gasteiger partial charge in [0, 0.05) is 16.6 Å². The predicted octanol–water partition coefficient (Wildman–Crippen LogP) is 3.09. The Balaban J connectivity index is 2.23. The molecule has 16 heavy (non-hydrogen) atoms. The van der Waals surface area contributed by atoms with E-state index in [4.69, 9.17) is 5.73 Å². The second-order valence-electron chi connectivity index (χ2n) is 3.11. The molecular formula is C11H8F2N2S. The first-order chi connectivity index (χ1) is 7.65. The van der Waals surface area contributed by atoms with Crippen molar-refractivity contribution in [2.45, 2.75) is 9.92 Å². The fraction of sp³-hybridized carbons (Fsp3) is 0. The maximum atomic E-state index is 13.3. The summed E-state index contributed by atoms with van der Waals surface area (Å²) in [6.07, 6.45) is 0.989. The zero-order chi connectivity index (χ0) is 11.5. The van der Waals surface area contributed by atoms with E-state index < -0.39 is 11.6 Å². The van der Waals surface area contributed by atoms with Crippen molar-refractivity contribution < 1.29 is 8.78 Å². The van der Waals surface area contributed by atoms with E-state index in [1.165, 1.54) is 0 Å². The molecule has 1 aromatic heterocycles. The summed E-state index contributed by atoms with van der Waals surface area (Å²) in [5, 5.41) is 0.145. The number of hydrogen-bond acceptors (Lipinski definition) is 3. The molecule has 0 saturated carbocycles. The Kier molecular flexibility index (Phi) is 3.05. The predicted molar refractivity (Wildman–Crippen MR) is 59.1 cm³/mol. The highest BCUT2D eigenvalue weighted by Crippen LogP contribution is 2.28. The van der Waals surface area contributed by atoms with E-state index in [1.807, 2.05) is 0 Å². The Morgan fingerprint density at radius 3 is 2.44 bits per heavy atom. The van der Waals surface area contributed by atoms with Gasteiger partial charge in [-0.3, -0.25) is 0 Å². The van der Waals surface area contributed by atoms with Crippen molar-refractivity contribution in [3.05, 3.63) is 48.2 Å². The lowest BCUT2D eigenvalue weighted by atomic mass is 10.3. The summed E-state index contributed by atoms with van der Waals surface area (Å²) in [4.78, 5) is 4.48. The van der Waals surface area contributed by atoms with Gasteiger partial charge in [-0.25, -0.2) is 13.8 Å². The molecule has 0 saturated heterocycles. The highest BCUT2D eigenvalue weighted by atomic mass is 32.2. The van der Waals surface area contributed by atoms with E-state index in [-0.39, 0.29) is 5.03 Å². The van der Waals surface area contributed by atoms with Crippen LogP contribution in [-0.4, -0.2) is 4.98 Å². The lowest BCUT2D eigenvalue weighted by molar-refractivity contribution is 0.548. The molecule has 2 aromatic rings. The monoisotopic (exact) mass is 238 g/mol. The van der Waals surface area contributed by atoms with Gasteiger partial charge >= 0.3 is 0 Å². The van der Waals surface area contributed by atoms with Crippen LogP contribution in [0.25, 0.3) is 0 Å². The van der Waals surface area contributed by atoms with Crippen molar-refractivity contribution in [1.82, 2.24) is 4.98 Å². The molecule has 1 heterocycles. The van der Waals surface area contributed by atoms with Crippen LogP contribution in [0.15, 0.2) is 46.5 Å². The summed E-state index contributed by atoms with van der Waals surface area (Å²) in [6, 6.07) is 7.75. The molecule has 0 radical (unpaired) electrons. The zero-order valence-corrected chi connectivity index (χ0v) is 8.97. The van der Waals surface area contributed by atoms with Gasteiger partial charge in [-0.15, -0.1) is 0 Å². The van der Waals surface area contributed by atoms with Crippen molar-refractivity contribution in [2.75, 3.05) is 5.73 Å². The topological polar surface area (TPSA) is 38.9 Å². The minimum Gasteiger partial charge on any atom is -0.399 e. The van der Waals surface area contributed by atoms with E-state index in [9.17, 15) is 8.78 Å². The number of nitrogen functional groups attached to an aromatic ring is 1. The Bertz CT molecular complexity index is 500. The van der Waals surface area contributed by atoms with E-state index in [2.05, 4.69) is 4.98 Å². The Hall–Kier alpha value is -1.62. The molecule has 0 spiro atoms. The average Bonchev–Trinajstić information content (AvgIpc) is 2.25. The standard InChI is InChI=1S/C11H8F2N2S/c12-7-5-10(13)11(15-6-7)16-9-3-1-8(14)2-4-9/h1-6H,14H2. The molecule has 0 fully saturated rings. The zero-order valence-electron chi connectivity index (χ0n) is 8.15. The quantitative estimate of drug-likeness (QED) is 0.817. The molecular weight excluding hydrogens is 230 g/mol. The minimum atomic E-state index is -0.681. The third-order valence-corrected chi connectivity index (χ3v) is 2.87. The van der Waals surface area contributed by atoms with Crippen LogP contribution in [0.2, 0.25) is 0 Å². The Morgan fingerprint density at radius 2 is 1.81 bits per heavy atom. The number of halogens is 2. The van der Waals surface area contributed by atoms with Gasteiger partial charge in [0.1, 0.15) is 10.8 Å². The molecule has 0 aliphatic heterocycles. The van der Waals surface area contributed by atoms with Crippen molar-refractivity contribution in [3.8, 4) is 0 Å². The highest BCUT2D eigenvalue weighted by Gasteiger charge is 2.07. The number of nitrogens with two attached hydrogens (primary N) is 1. The smallest absolute Gasteiger partial charge is 0.158 e. The van der Waals surface area contributed by atoms with Crippen LogP contribution < -0.4 is 5.73 Å². The number of rotatable bonds is 2. The first kappa shape index (κ1) is 10.9. The number of nitrogens with zero attached hydrogens (tertiary/aromatic N) is 1. The molecule has 0 aliphatic rings. The van der Waals surface area contributed by atoms with Gasteiger partial charge in [0.15, 0.2) is 5.82 Å². The Morgan fingerprint density at radius 1 is 1.12 bits per heavy atom. The van der Waals surface area contributed by atoms with E-state index in [0.717, 1.165) is 28.9 Å². The second kappa shape index (κ2) is 4.49. The third kappa shape index (κ3) is 2.49. The van der Waals surface area contributed by atoms with Crippen molar-refractivity contribution in [3.63, 3.8) is 0 Å². The average molecular weight is 238 g/mol. The van der Waals surface area contributed by atoms with Crippen molar-refractivity contribution in [1.29, 1.82) is 0 Å². The number of hydrogen-bond donors (Lipinski definition) is 1. The normalized spacial score (nSPS) is 10.4. The lowest BCUT2D eigenvalue weighted by Gasteiger charge is -2.02. The van der Waals surface area contributed by atoms with Crippen molar-refractivity contribution >= 4 is 17.4 Å². The van der Waals surface area contributed by atoms with Crippen LogP contribution in [0.4, 0.5) is 14.5 Å². The highest BCUT2D eigenvalue weighted by molar-refractivity contribution is 7.99. The van der Waals surface area contributed by atoms with Gasteiger partial charge < -0.3 is 5.73 Å². The third-order valence-electron chi connectivity index (χ3n) is 1.87. The molecule has 0 unspecified atom stereocenters. The fourth-order valence-corrected chi connectivity index (χ4v) is 1.88. The first-order valence-electron chi connectivity index (χ1n) is 4.49. The van der Waals surface area contributed by atoms with Crippen LogP contribution >= 0.6 is 11.8 Å². The Labute approximate surface area is 95.5 Å². The molecule has 5 heteroatoms. The molecule has 0 bridgehead atoms. The molecule has 0 amide bonds. The molecule has 0 aliphatic carbocycles. The van der Waals surface area contributed by atoms with E-state index >= 15 is 0 Å². The van der Waals surface area contributed by atoms with Crippen molar-refractivity contribution in [2.24, 2.45) is 0 Å². The molecule has 0 atom stereocenters. The van der Waals surface area contributed by atoms with Crippen LogP contribution in [-0.2, 0) is 0 Å². The van der Waals surface area contributed by atoms with Crippen LogP contribution in [0, 0.1) is 11.6 Å². The fourth-order valence-electron chi connectivity index (χ4n) is 1.12. The van der Waals surface area contributed by atoms with E-state index in [0.29, 0.717) is 5.69 Å². The molecule has 2 N–H and O–H groups in total. The largest absolute Gasteiger partial charge is 0.399 e. The number of pyridine rings is 1. The number of anilines is 1. The minimum absolute atomic E-state index is 0.145. The molecule has 2 rings (SSSR count). The first-order valence-corrected chi connectivity index (χ1v) is 5.31. The summed E-state index contributed by atoms with van der Waals surface area (Å²) in [5.41, 5.74) is 6.16.